The maximum atomic E-state index is 12.0. The number of aromatic nitrogens is 2. The van der Waals surface area contributed by atoms with Crippen LogP contribution in [-0.2, 0) is 17.6 Å². The number of para-hydroxylation sites is 1. The van der Waals surface area contributed by atoms with Gasteiger partial charge in [-0.05, 0) is 37.0 Å². The lowest BCUT2D eigenvalue weighted by Gasteiger charge is -2.05. The van der Waals surface area contributed by atoms with E-state index in [-0.39, 0.29) is 5.91 Å². The molecule has 0 aliphatic rings. The molecule has 2 aromatic carbocycles. The zero-order chi connectivity index (χ0) is 19.8. The van der Waals surface area contributed by atoms with E-state index in [1.165, 1.54) is 0 Å². The fourth-order valence-electron chi connectivity index (χ4n) is 3.02. The molecule has 0 unspecified atom stereocenters. The number of nitrogens with two attached hydrogens (primary N) is 1. The number of amides is 1. The van der Waals surface area contributed by atoms with Crippen molar-refractivity contribution in [2.75, 3.05) is 12.3 Å². The minimum Gasteiger partial charge on any atom is -0.382 e. The first kappa shape index (κ1) is 19.2. The Hall–Kier alpha value is -3.59. The highest BCUT2D eigenvalue weighted by Gasteiger charge is 2.16. The lowest BCUT2D eigenvalue weighted by molar-refractivity contribution is -0.121. The number of nitrogens with one attached hydrogen (secondary N) is 1. The van der Waals surface area contributed by atoms with E-state index in [9.17, 15) is 10.1 Å². The van der Waals surface area contributed by atoms with E-state index < -0.39 is 0 Å². The number of rotatable bonds is 8. The van der Waals surface area contributed by atoms with E-state index >= 15 is 0 Å². The van der Waals surface area contributed by atoms with Gasteiger partial charge in [0.2, 0.25) is 5.91 Å². The smallest absolute Gasteiger partial charge is 0.220 e. The first-order valence-corrected chi connectivity index (χ1v) is 9.32. The van der Waals surface area contributed by atoms with Crippen molar-refractivity contribution in [3.05, 3.63) is 77.5 Å². The van der Waals surface area contributed by atoms with Gasteiger partial charge in [-0.25, -0.2) is 4.68 Å². The molecule has 6 heteroatoms. The van der Waals surface area contributed by atoms with Crippen LogP contribution in [0.25, 0.3) is 5.69 Å². The Morgan fingerprint density at radius 1 is 1.07 bits per heavy atom. The molecule has 1 aromatic heterocycles. The summed E-state index contributed by atoms with van der Waals surface area (Å²) in [6, 6.07) is 21.6. The third-order valence-electron chi connectivity index (χ3n) is 4.50. The average Bonchev–Trinajstić information content (AvgIpc) is 3.06. The number of anilines is 1. The van der Waals surface area contributed by atoms with Gasteiger partial charge in [0, 0.05) is 13.0 Å². The molecule has 0 saturated carbocycles. The molecule has 6 nitrogen and oxygen atoms in total. The second-order valence-electron chi connectivity index (χ2n) is 6.51. The molecule has 0 aliphatic heterocycles. The first-order chi connectivity index (χ1) is 13.7. The second kappa shape index (κ2) is 9.38. The van der Waals surface area contributed by atoms with E-state index in [4.69, 9.17) is 5.73 Å². The van der Waals surface area contributed by atoms with E-state index in [0.717, 1.165) is 17.7 Å². The van der Waals surface area contributed by atoms with Crippen LogP contribution in [0, 0.1) is 11.3 Å². The van der Waals surface area contributed by atoms with Crippen molar-refractivity contribution in [1.82, 2.24) is 15.1 Å². The molecule has 0 radical (unpaired) electrons. The van der Waals surface area contributed by atoms with Crippen LogP contribution in [-0.4, -0.2) is 22.2 Å². The Bertz CT molecular complexity index is 958. The average molecular weight is 373 g/mol. The van der Waals surface area contributed by atoms with Gasteiger partial charge >= 0.3 is 0 Å². The molecule has 142 valence electrons. The molecular formula is C22H23N5O. The normalized spacial score (nSPS) is 10.4. The Kier molecular flexibility index (Phi) is 6.42. The van der Waals surface area contributed by atoms with Crippen molar-refractivity contribution in [2.45, 2.75) is 25.7 Å². The first-order valence-electron chi connectivity index (χ1n) is 9.32. The molecule has 1 heterocycles. The predicted molar refractivity (Wildman–Crippen MR) is 109 cm³/mol. The number of nitriles is 1. The highest BCUT2D eigenvalue weighted by molar-refractivity contribution is 5.76. The van der Waals surface area contributed by atoms with Gasteiger partial charge in [0.15, 0.2) is 0 Å². The zero-order valence-corrected chi connectivity index (χ0v) is 15.6. The molecule has 0 aliphatic carbocycles. The number of carbonyl (C=O) groups excluding carboxylic acids is 1. The molecule has 28 heavy (non-hydrogen) atoms. The van der Waals surface area contributed by atoms with Crippen molar-refractivity contribution in [2.24, 2.45) is 0 Å². The molecule has 3 aromatic rings. The van der Waals surface area contributed by atoms with Crippen molar-refractivity contribution >= 4 is 11.7 Å². The second-order valence-corrected chi connectivity index (χ2v) is 6.51. The van der Waals surface area contributed by atoms with E-state index in [2.05, 4.69) is 16.5 Å². The summed E-state index contributed by atoms with van der Waals surface area (Å²) in [5, 5.41) is 16.9. The molecule has 0 saturated heterocycles. The Labute approximate surface area is 164 Å². The van der Waals surface area contributed by atoms with Crippen LogP contribution in [0.5, 0.6) is 0 Å². The highest BCUT2D eigenvalue weighted by Crippen LogP contribution is 2.21. The van der Waals surface area contributed by atoms with E-state index in [1.807, 2.05) is 60.7 Å². The number of benzene rings is 2. The summed E-state index contributed by atoms with van der Waals surface area (Å²) in [5.74, 6) is 0.370. The number of aryl methyl sites for hydroxylation is 2. The summed E-state index contributed by atoms with van der Waals surface area (Å²) in [6.07, 6.45) is 2.45. The zero-order valence-electron chi connectivity index (χ0n) is 15.6. The SMILES string of the molecule is N#Cc1c(CCCNC(=O)CCc2ccccc2)nn(-c2ccccc2)c1N. The van der Waals surface area contributed by atoms with Gasteiger partial charge in [-0.2, -0.15) is 10.4 Å². The molecule has 0 fully saturated rings. The van der Waals surface area contributed by atoms with Crippen molar-refractivity contribution in [3.8, 4) is 11.8 Å². The number of hydrogen-bond acceptors (Lipinski definition) is 4. The molecular weight excluding hydrogens is 350 g/mol. The molecule has 0 bridgehead atoms. The lowest BCUT2D eigenvalue weighted by Crippen LogP contribution is -2.25. The van der Waals surface area contributed by atoms with Crippen LogP contribution in [0.15, 0.2) is 60.7 Å². The largest absolute Gasteiger partial charge is 0.382 e. The highest BCUT2D eigenvalue weighted by atomic mass is 16.1. The summed E-state index contributed by atoms with van der Waals surface area (Å²) >= 11 is 0. The van der Waals surface area contributed by atoms with Crippen LogP contribution in [0.3, 0.4) is 0 Å². The Morgan fingerprint density at radius 2 is 1.75 bits per heavy atom. The van der Waals surface area contributed by atoms with E-state index in [1.54, 1.807) is 4.68 Å². The predicted octanol–water partition coefficient (Wildman–Crippen LogP) is 3.01. The van der Waals surface area contributed by atoms with Crippen LogP contribution in [0.4, 0.5) is 5.82 Å². The number of nitrogen functional groups attached to an aromatic ring is 1. The molecule has 1 amide bonds. The maximum absolute atomic E-state index is 12.0. The van der Waals surface area contributed by atoms with Crippen molar-refractivity contribution in [3.63, 3.8) is 0 Å². The minimum absolute atomic E-state index is 0.0266. The molecule has 0 spiro atoms. The standard InChI is InChI=1S/C22H23N5O/c23-16-19-20(26-27(22(19)24)18-10-5-2-6-11-18)12-7-15-25-21(28)14-13-17-8-3-1-4-9-17/h1-6,8-11H,7,12-15,24H2,(H,25,28). The number of nitrogens with zero attached hydrogens (tertiary/aromatic N) is 3. The summed E-state index contributed by atoms with van der Waals surface area (Å²) in [7, 11) is 0. The summed E-state index contributed by atoms with van der Waals surface area (Å²) < 4.78 is 1.59. The van der Waals surface area contributed by atoms with Gasteiger partial charge in [0.05, 0.1) is 11.4 Å². The third kappa shape index (κ3) is 4.77. The van der Waals surface area contributed by atoms with Crippen LogP contribution >= 0.6 is 0 Å². The van der Waals surface area contributed by atoms with Crippen LogP contribution < -0.4 is 11.1 Å². The Balaban J connectivity index is 1.51. The number of hydrogen-bond donors (Lipinski definition) is 2. The maximum Gasteiger partial charge on any atom is 0.220 e. The monoisotopic (exact) mass is 373 g/mol. The third-order valence-corrected chi connectivity index (χ3v) is 4.50. The van der Waals surface area contributed by atoms with E-state index in [0.29, 0.717) is 42.9 Å². The number of carbonyl (C=O) groups is 1. The van der Waals surface area contributed by atoms with Crippen LogP contribution in [0.2, 0.25) is 0 Å². The quantitative estimate of drug-likeness (QED) is 0.593. The lowest BCUT2D eigenvalue weighted by atomic mass is 10.1. The summed E-state index contributed by atoms with van der Waals surface area (Å²) in [4.78, 5) is 12.0. The topological polar surface area (TPSA) is 96.7 Å². The molecule has 3 rings (SSSR count). The van der Waals surface area contributed by atoms with Gasteiger partial charge in [0.1, 0.15) is 17.5 Å². The Morgan fingerprint density at radius 3 is 2.43 bits per heavy atom. The van der Waals surface area contributed by atoms with Gasteiger partial charge < -0.3 is 11.1 Å². The summed E-state index contributed by atoms with van der Waals surface area (Å²) in [6.45, 7) is 0.538. The van der Waals surface area contributed by atoms with Crippen LogP contribution in [0.1, 0.15) is 29.7 Å². The summed E-state index contributed by atoms with van der Waals surface area (Å²) in [5.41, 5.74) is 9.13. The van der Waals surface area contributed by atoms with Crippen molar-refractivity contribution in [1.29, 1.82) is 5.26 Å². The fourth-order valence-corrected chi connectivity index (χ4v) is 3.02. The van der Waals surface area contributed by atoms with Gasteiger partial charge in [-0.1, -0.05) is 48.5 Å². The van der Waals surface area contributed by atoms with Gasteiger partial charge in [-0.3, -0.25) is 4.79 Å². The van der Waals surface area contributed by atoms with Crippen molar-refractivity contribution < 1.29 is 4.79 Å². The van der Waals surface area contributed by atoms with Gasteiger partial charge in [0.25, 0.3) is 0 Å². The molecule has 3 N–H and O–H groups in total. The fraction of sp³-hybridized carbons (Fsp3) is 0.227. The van der Waals surface area contributed by atoms with Gasteiger partial charge in [-0.15, -0.1) is 0 Å². The molecule has 0 atom stereocenters. The minimum atomic E-state index is 0.0266.